The molecule has 1 atom stereocenters. The van der Waals surface area contributed by atoms with Gasteiger partial charge in [-0.25, -0.2) is 13.1 Å². The second-order valence-corrected chi connectivity index (χ2v) is 6.78. The van der Waals surface area contributed by atoms with E-state index in [4.69, 9.17) is 11.6 Å². The van der Waals surface area contributed by atoms with E-state index in [2.05, 4.69) is 10.0 Å². The lowest BCUT2D eigenvalue weighted by Gasteiger charge is -2.14. The topological polar surface area (TPSA) is 101 Å². The normalized spacial score (nSPS) is 12.5. The zero-order valence-electron chi connectivity index (χ0n) is 12.4. The van der Waals surface area contributed by atoms with Crippen molar-refractivity contribution in [3.05, 3.63) is 32.8 Å². The second kappa shape index (κ2) is 8.64. The summed E-state index contributed by atoms with van der Waals surface area (Å²) < 4.78 is 26.9. The maximum Gasteiger partial charge on any atom is 0.289 e. The number of benzene rings is 1. The molecule has 1 rings (SSSR count). The lowest BCUT2D eigenvalue weighted by molar-refractivity contribution is -0.385. The van der Waals surface area contributed by atoms with E-state index < -0.39 is 20.6 Å². The Morgan fingerprint density at radius 2 is 2.00 bits per heavy atom. The molecule has 1 aromatic rings. The molecule has 0 radical (unpaired) electrons. The van der Waals surface area contributed by atoms with Crippen molar-refractivity contribution in [1.29, 1.82) is 0 Å². The number of nitro benzene ring substituents is 1. The summed E-state index contributed by atoms with van der Waals surface area (Å²) in [6, 6.07) is 2.49. The first-order valence-corrected chi connectivity index (χ1v) is 8.22. The highest BCUT2D eigenvalue weighted by atomic mass is 35.5. The smallest absolute Gasteiger partial charge is 0.289 e. The third-order valence-corrected chi connectivity index (χ3v) is 4.74. The molecule has 1 aromatic carbocycles. The second-order valence-electron chi connectivity index (χ2n) is 4.66. The van der Waals surface area contributed by atoms with Gasteiger partial charge in [0.2, 0.25) is 10.0 Å². The minimum Gasteiger partial charge on any atom is -0.313 e. The Bertz CT molecular complexity index is 638. The molecule has 0 aliphatic carbocycles. The molecular formula is C12H19Cl2N3O4S. The quantitative estimate of drug-likeness (QED) is 0.565. The molecule has 0 aromatic heterocycles. The molecule has 0 saturated carbocycles. The Morgan fingerprint density at radius 1 is 1.41 bits per heavy atom. The summed E-state index contributed by atoms with van der Waals surface area (Å²) in [5.74, 6) is 0. The van der Waals surface area contributed by atoms with Crippen molar-refractivity contribution in [1.82, 2.24) is 10.0 Å². The minimum absolute atomic E-state index is 0. The van der Waals surface area contributed by atoms with E-state index in [1.165, 1.54) is 12.1 Å². The van der Waals surface area contributed by atoms with E-state index in [1.54, 1.807) is 6.92 Å². The van der Waals surface area contributed by atoms with Crippen molar-refractivity contribution in [2.24, 2.45) is 0 Å². The van der Waals surface area contributed by atoms with Gasteiger partial charge in [-0.1, -0.05) is 18.5 Å². The van der Waals surface area contributed by atoms with Crippen LogP contribution in [0.15, 0.2) is 17.0 Å². The molecule has 0 amide bonds. The molecule has 0 aliphatic heterocycles. The van der Waals surface area contributed by atoms with Crippen molar-refractivity contribution in [2.75, 3.05) is 13.1 Å². The average Bonchev–Trinajstić information content (AvgIpc) is 2.39. The van der Waals surface area contributed by atoms with Crippen LogP contribution in [0, 0.1) is 17.0 Å². The van der Waals surface area contributed by atoms with Gasteiger partial charge in [-0.05, 0) is 32.0 Å². The monoisotopic (exact) mass is 371 g/mol. The maximum absolute atomic E-state index is 12.2. The summed E-state index contributed by atoms with van der Waals surface area (Å²) in [6.45, 7) is 6.18. The summed E-state index contributed by atoms with van der Waals surface area (Å²) in [4.78, 5) is 9.92. The number of halogens is 2. The Labute approximate surface area is 141 Å². The van der Waals surface area contributed by atoms with Crippen LogP contribution in [0.3, 0.4) is 0 Å². The first-order chi connectivity index (χ1) is 9.69. The number of aryl methyl sites for hydroxylation is 1. The summed E-state index contributed by atoms with van der Waals surface area (Å²) in [5.41, 5.74) is 0.0305. The minimum atomic E-state index is -3.91. The van der Waals surface area contributed by atoms with E-state index in [1.807, 2.05) is 13.8 Å². The number of nitrogens with zero attached hydrogens (tertiary/aromatic N) is 1. The predicted octanol–water partition coefficient (Wildman–Crippen LogP) is 2.25. The van der Waals surface area contributed by atoms with E-state index in [0.29, 0.717) is 12.1 Å². The average molecular weight is 372 g/mol. The number of rotatable bonds is 7. The van der Waals surface area contributed by atoms with Gasteiger partial charge in [-0.2, -0.15) is 0 Å². The van der Waals surface area contributed by atoms with Crippen LogP contribution in [0.25, 0.3) is 0 Å². The Kier molecular flexibility index (Phi) is 8.27. The van der Waals surface area contributed by atoms with E-state index >= 15 is 0 Å². The van der Waals surface area contributed by atoms with Crippen LogP contribution in [0.5, 0.6) is 0 Å². The third-order valence-electron chi connectivity index (χ3n) is 2.78. The lowest BCUT2D eigenvalue weighted by Crippen LogP contribution is -2.38. The molecule has 0 unspecified atom stereocenters. The SMILES string of the molecule is CCN[C@H](C)CNS(=O)(=O)c1cc(C)cc([N+](=O)[O-])c1Cl.Cl. The van der Waals surface area contributed by atoms with Crippen LogP contribution in [-0.4, -0.2) is 32.5 Å². The summed E-state index contributed by atoms with van der Waals surface area (Å²) in [6.07, 6.45) is 0. The molecule has 0 heterocycles. The van der Waals surface area contributed by atoms with Gasteiger partial charge in [0.15, 0.2) is 0 Å². The van der Waals surface area contributed by atoms with Crippen molar-refractivity contribution in [2.45, 2.75) is 31.7 Å². The van der Waals surface area contributed by atoms with Gasteiger partial charge < -0.3 is 5.32 Å². The molecule has 0 saturated heterocycles. The molecule has 22 heavy (non-hydrogen) atoms. The van der Waals surface area contributed by atoms with Gasteiger partial charge in [0.25, 0.3) is 5.69 Å². The number of nitrogens with one attached hydrogen (secondary N) is 2. The third kappa shape index (κ3) is 5.36. The highest BCUT2D eigenvalue weighted by molar-refractivity contribution is 7.89. The molecule has 0 spiro atoms. The van der Waals surface area contributed by atoms with Crippen molar-refractivity contribution in [3.63, 3.8) is 0 Å². The maximum atomic E-state index is 12.2. The van der Waals surface area contributed by atoms with Crippen molar-refractivity contribution in [3.8, 4) is 0 Å². The Morgan fingerprint density at radius 3 is 2.50 bits per heavy atom. The first kappa shape index (κ1) is 21.1. The zero-order chi connectivity index (χ0) is 16.2. The summed E-state index contributed by atoms with van der Waals surface area (Å²) in [5, 5.41) is 13.6. The van der Waals surface area contributed by atoms with Crippen LogP contribution in [-0.2, 0) is 10.0 Å². The lowest BCUT2D eigenvalue weighted by atomic mass is 10.2. The highest BCUT2D eigenvalue weighted by Gasteiger charge is 2.25. The standard InChI is InChI=1S/C12H18ClN3O4S.ClH/c1-4-14-9(3)7-15-21(19,20)11-6-8(2)5-10(12(11)13)16(17)18;/h5-6,9,14-15H,4,7H2,1-3H3;1H/t9-;/m1./s1. The molecule has 10 heteroatoms. The number of likely N-dealkylation sites (N-methyl/N-ethyl adjacent to an activating group) is 1. The fourth-order valence-corrected chi connectivity index (χ4v) is 3.57. The van der Waals surface area contributed by atoms with Gasteiger partial charge in [-0.3, -0.25) is 10.1 Å². The number of nitro groups is 1. The molecular weight excluding hydrogens is 353 g/mol. The number of hydrogen-bond acceptors (Lipinski definition) is 5. The van der Waals surface area contributed by atoms with Gasteiger partial charge in [0.1, 0.15) is 9.92 Å². The summed E-state index contributed by atoms with van der Waals surface area (Å²) >= 11 is 5.86. The Hall–Kier alpha value is -0.930. The van der Waals surface area contributed by atoms with Crippen molar-refractivity contribution < 1.29 is 13.3 Å². The predicted molar refractivity (Wildman–Crippen MR) is 88.4 cm³/mol. The molecule has 2 N–H and O–H groups in total. The van der Waals surface area contributed by atoms with E-state index in [-0.39, 0.29) is 34.9 Å². The van der Waals surface area contributed by atoms with E-state index in [0.717, 1.165) is 0 Å². The number of sulfonamides is 1. The Balaban J connectivity index is 0.00000441. The fraction of sp³-hybridized carbons (Fsp3) is 0.500. The number of hydrogen-bond donors (Lipinski definition) is 2. The van der Waals surface area contributed by atoms with Gasteiger partial charge in [0.05, 0.1) is 4.92 Å². The zero-order valence-corrected chi connectivity index (χ0v) is 14.8. The van der Waals surface area contributed by atoms with Crippen LogP contribution in [0.4, 0.5) is 5.69 Å². The highest BCUT2D eigenvalue weighted by Crippen LogP contribution is 2.32. The molecule has 0 fully saturated rings. The van der Waals surface area contributed by atoms with E-state index in [9.17, 15) is 18.5 Å². The largest absolute Gasteiger partial charge is 0.313 e. The summed E-state index contributed by atoms with van der Waals surface area (Å²) in [7, 11) is -3.91. The molecule has 126 valence electrons. The molecule has 0 bridgehead atoms. The van der Waals surface area contributed by atoms with Gasteiger partial charge >= 0.3 is 0 Å². The molecule has 0 aliphatic rings. The van der Waals surface area contributed by atoms with Crippen LogP contribution < -0.4 is 10.0 Å². The van der Waals surface area contributed by atoms with Gasteiger partial charge in [0, 0.05) is 18.7 Å². The van der Waals surface area contributed by atoms with Crippen LogP contribution >= 0.6 is 24.0 Å². The van der Waals surface area contributed by atoms with Crippen molar-refractivity contribution >= 4 is 39.7 Å². The van der Waals surface area contributed by atoms with Gasteiger partial charge in [-0.15, -0.1) is 12.4 Å². The van der Waals surface area contributed by atoms with Crippen LogP contribution in [0.1, 0.15) is 19.4 Å². The first-order valence-electron chi connectivity index (χ1n) is 6.36. The van der Waals surface area contributed by atoms with Crippen LogP contribution in [0.2, 0.25) is 5.02 Å². The molecule has 7 nitrogen and oxygen atoms in total. The fourth-order valence-electron chi connectivity index (χ4n) is 1.78.